The van der Waals surface area contributed by atoms with E-state index >= 15 is 0 Å². The molecule has 0 radical (unpaired) electrons. The van der Waals surface area contributed by atoms with Gasteiger partial charge < -0.3 is 30.1 Å². The molecule has 1 unspecified atom stereocenters. The van der Waals surface area contributed by atoms with Gasteiger partial charge in [0.15, 0.2) is 0 Å². The zero-order valence-corrected chi connectivity index (χ0v) is 29.1. The van der Waals surface area contributed by atoms with E-state index in [9.17, 15) is 8.42 Å². The molecule has 1 heterocycles. The molecule has 0 aromatic heterocycles. The van der Waals surface area contributed by atoms with Gasteiger partial charge in [-0.1, -0.05) is 45.9 Å². The van der Waals surface area contributed by atoms with E-state index in [1.807, 2.05) is 13.8 Å². The summed E-state index contributed by atoms with van der Waals surface area (Å²) in [5.41, 5.74) is 5.91. The minimum absolute atomic E-state index is 0. The third-order valence-corrected chi connectivity index (χ3v) is 9.14. The number of nitrogens with zero attached hydrogens (tertiary/aromatic N) is 1. The SMILES string of the molecule is CC(C)Oc1ccc(S(=O)(=O)N(C)C)cc1[CH]=[Ru+2].CCc1cccc(CC)c1C1NC(C)(C)CC1(C)C.[Cl-].[Cl-]. The van der Waals surface area contributed by atoms with Crippen molar-refractivity contribution in [3.63, 3.8) is 0 Å². The minimum Gasteiger partial charge on any atom is -1.00 e. The molecule has 0 bridgehead atoms. The van der Waals surface area contributed by atoms with Crippen LogP contribution in [0.1, 0.15) is 90.1 Å². The van der Waals surface area contributed by atoms with Gasteiger partial charge in [0.25, 0.3) is 0 Å². The van der Waals surface area contributed by atoms with Crippen LogP contribution in [0.4, 0.5) is 0 Å². The number of rotatable bonds is 8. The van der Waals surface area contributed by atoms with Gasteiger partial charge in [0.1, 0.15) is 0 Å². The molecule has 5 nitrogen and oxygen atoms in total. The van der Waals surface area contributed by atoms with Crippen molar-refractivity contribution in [2.75, 3.05) is 14.1 Å². The number of ether oxygens (including phenoxy) is 1. The molecular weight excluding hydrogens is 640 g/mol. The summed E-state index contributed by atoms with van der Waals surface area (Å²) in [7, 11) is -0.379. The Kier molecular flexibility index (Phi) is 15.1. The fourth-order valence-electron chi connectivity index (χ4n) is 5.33. The van der Waals surface area contributed by atoms with E-state index in [4.69, 9.17) is 4.74 Å². The third kappa shape index (κ3) is 9.62. The molecule has 0 spiro atoms. The zero-order valence-electron chi connectivity index (χ0n) is 25.0. The Morgan fingerprint density at radius 3 is 1.97 bits per heavy atom. The number of hydrogen-bond acceptors (Lipinski definition) is 4. The second-order valence-corrected chi connectivity index (χ2v) is 14.2. The largest absolute Gasteiger partial charge is 1.00 e. The Morgan fingerprint density at radius 2 is 1.59 bits per heavy atom. The topological polar surface area (TPSA) is 58.6 Å². The molecular formula is C30H46Cl2N2O3RuS. The van der Waals surface area contributed by atoms with Crippen molar-refractivity contribution in [1.29, 1.82) is 0 Å². The van der Waals surface area contributed by atoms with Gasteiger partial charge >= 0.3 is 118 Å². The van der Waals surface area contributed by atoms with E-state index in [1.54, 1.807) is 28.4 Å². The van der Waals surface area contributed by atoms with Gasteiger partial charge in [0.05, 0.1) is 0 Å². The molecule has 2 aromatic rings. The number of sulfonamides is 1. The maximum Gasteiger partial charge on any atom is 0.0382 e. The number of halogens is 2. The summed E-state index contributed by atoms with van der Waals surface area (Å²) in [6, 6.07) is 12.2. The van der Waals surface area contributed by atoms with Crippen LogP contribution in [0.3, 0.4) is 0 Å². The van der Waals surface area contributed by atoms with Crippen LogP contribution < -0.4 is 34.9 Å². The smallest absolute Gasteiger partial charge is 0.0382 e. The molecule has 222 valence electrons. The van der Waals surface area contributed by atoms with Crippen LogP contribution in [0.5, 0.6) is 5.75 Å². The van der Waals surface area contributed by atoms with E-state index in [0.29, 0.717) is 17.2 Å². The van der Waals surface area contributed by atoms with Crippen LogP contribution in [0.15, 0.2) is 41.3 Å². The first kappa shape index (κ1) is 38.2. The summed E-state index contributed by atoms with van der Waals surface area (Å²) in [4.78, 5) is 0.264. The second-order valence-electron chi connectivity index (χ2n) is 11.6. The molecule has 3 rings (SSSR count). The summed E-state index contributed by atoms with van der Waals surface area (Å²) in [5, 5.41) is 3.89. The second kappa shape index (κ2) is 15.4. The summed E-state index contributed by atoms with van der Waals surface area (Å²) < 4.78 is 32.6. The molecule has 1 aliphatic heterocycles. The van der Waals surface area contributed by atoms with E-state index in [2.05, 4.69) is 82.9 Å². The van der Waals surface area contributed by atoms with Gasteiger partial charge in [-0.05, 0) is 55.2 Å². The monoisotopic (exact) mass is 686 g/mol. The Hall–Kier alpha value is -0.817. The van der Waals surface area contributed by atoms with Gasteiger partial charge in [0, 0.05) is 11.6 Å². The minimum atomic E-state index is -3.40. The predicted molar refractivity (Wildman–Crippen MR) is 152 cm³/mol. The van der Waals surface area contributed by atoms with E-state index < -0.39 is 10.0 Å². The summed E-state index contributed by atoms with van der Waals surface area (Å²) in [5.74, 6) is 0.682. The first-order chi connectivity index (χ1) is 17.1. The van der Waals surface area contributed by atoms with Gasteiger partial charge in [-0.15, -0.1) is 0 Å². The maximum atomic E-state index is 12.0. The van der Waals surface area contributed by atoms with Crippen LogP contribution in [0.25, 0.3) is 0 Å². The van der Waals surface area contributed by atoms with E-state index in [1.165, 1.54) is 35.9 Å². The van der Waals surface area contributed by atoms with Gasteiger partial charge in [-0.2, -0.15) is 0 Å². The molecule has 0 aliphatic carbocycles. The van der Waals surface area contributed by atoms with Crippen molar-refractivity contribution in [1.82, 2.24) is 9.62 Å². The summed E-state index contributed by atoms with van der Waals surface area (Å²) in [6.07, 6.45) is 3.52. The van der Waals surface area contributed by atoms with E-state index in [0.717, 1.165) is 18.4 Å². The molecule has 9 heteroatoms. The summed E-state index contributed by atoms with van der Waals surface area (Å²) >= 11 is 2.37. The van der Waals surface area contributed by atoms with Crippen LogP contribution in [0, 0.1) is 5.41 Å². The van der Waals surface area contributed by atoms with Gasteiger partial charge in [-0.25, -0.2) is 0 Å². The predicted octanol–water partition coefficient (Wildman–Crippen LogP) is 0.0798. The number of benzene rings is 2. The zero-order chi connectivity index (χ0) is 28.2. The molecule has 2 aromatic carbocycles. The number of nitrogens with one attached hydrogen (secondary N) is 1. The first-order valence-corrected chi connectivity index (χ1v) is 15.6. The summed E-state index contributed by atoms with van der Waals surface area (Å²) in [6.45, 7) is 17.9. The fraction of sp³-hybridized carbons (Fsp3) is 0.567. The van der Waals surface area contributed by atoms with Crippen LogP contribution in [-0.2, 0) is 40.7 Å². The van der Waals surface area contributed by atoms with Crippen LogP contribution >= 0.6 is 0 Å². The van der Waals surface area contributed by atoms with E-state index in [-0.39, 0.29) is 41.4 Å². The Labute approximate surface area is 259 Å². The van der Waals surface area contributed by atoms with Crippen molar-refractivity contribution in [3.8, 4) is 5.75 Å². The standard InChI is InChI=1S/C18H29N.C12H17NO3S.2ClH.Ru/c1-7-13-10-9-11-14(8-2)15(13)16-17(3,4)12-18(5,6)19-16;1-9(2)16-12-7-6-11(8-10(12)3)17(14,15)13(4)5;;;/h9-11,16,19H,7-8,12H2,1-6H3;3,6-9H,1-2,4-5H3;2*1H;/q;;;;+2/p-2. The Bertz CT molecular complexity index is 1180. The van der Waals surface area contributed by atoms with Crippen molar-refractivity contribution < 1.29 is 55.8 Å². The van der Waals surface area contributed by atoms with Crippen LogP contribution in [-0.4, -0.2) is 43.1 Å². The van der Waals surface area contributed by atoms with Crippen molar-refractivity contribution in [3.05, 3.63) is 58.7 Å². The Balaban J connectivity index is 0.000000706. The van der Waals surface area contributed by atoms with Gasteiger partial charge in [-0.3, -0.25) is 0 Å². The average Bonchev–Trinajstić information content (AvgIpc) is 3.04. The normalized spacial score (nSPS) is 17.5. The molecule has 1 fully saturated rings. The Morgan fingerprint density at radius 1 is 1.05 bits per heavy atom. The quantitative estimate of drug-likeness (QED) is 0.401. The molecule has 1 atom stereocenters. The molecule has 1 saturated heterocycles. The fourth-order valence-corrected chi connectivity index (χ4v) is 6.66. The molecule has 0 amide bonds. The van der Waals surface area contributed by atoms with Crippen LogP contribution in [0.2, 0.25) is 0 Å². The third-order valence-electron chi connectivity index (χ3n) is 6.78. The first-order valence-electron chi connectivity index (χ1n) is 13.1. The molecule has 1 N–H and O–H groups in total. The van der Waals surface area contributed by atoms with Crippen molar-refractivity contribution in [2.24, 2.45) is 5.41 Å². The van der Waals surface area contributed by atoms with Crippen molar-refractivity contribution >= 4 is 14.6 Å². The molecule has 0 saturated carbocycles. The van der Waals surface area contributed by atoms with Gasteiger partial charge in [0.2, 0.25) is 0 Å². The molecule has 39 heavy (non-hydrogen) atoms. The average molecular weight is 687 g/mol. The molecule has 1 aliphatic rings. The van der Waals surface area contributed by atoms with Crippen molar-refractivity contribution in [2.45, 2.75) is 97.2 Å². The number of aryl methyl sites for hydroxylation is 2. The maximum absolute atomic E-state index is 12.0. The number of hydrogen-bond donors (Lipinski definition) is 1.